The lowest BCUT2D eigenvalue weighted by Gasteiger charge is -2.15. The van der Waals surface area contributed by atoms with Gasteiger partial charge in [0.15, 0.2) is 0 Å². The molecule has 0 aliphatic carbocycles. The van der Waals surface area contributed by atoms with Crippen LogP contribution in [0.4, 0.5) is 5.69 Å². The number of nitrogens with one attached hydrogen (secondary N) is 1. The molecule has 0 fully saturated rings. The van der Waals surface area contributed by atoms with Crippen molar-refractivity contribution in [2.45, 2.75) is 11.0 Å². The highest BCUT2D eigenvalue weighted by Gasteiger charge is 2.07. The highest BCUT2D eigenvalue weighted by molar-refractivity contribution is 7.98. The number of hydrogen-bond acceptors (Lipinski definition) is 4. The first-order chi connectivity index (χ1) is 10.2. The monoisotopic (exact) mass is 323 g/mol. The Hall–Kier alpha value is -1.36. The Morgan fingerprint density at radius 1 is 1.24 bits per heavy atom. The van der Waals surface area contributed by atoms with Crippen molar-refractivity contribution >= 4 is 29.1 Å². The predicted octanol–water partition coefficient (Wildman–Crippen LogP) is 3.91. The fraction of sp³-hybridized carbons (Fsp3) is 0.250. The second-order valence-electron chi connectivity index (χ2n) is 4.51. The topological polar surface area (TPSA) is 41.5 Å². The van der Waals surface area contributed by atoms with Crippen LogP contribution >= 0.6 is 23.4 Å². The van der Waals surface area contributed by atoms with Crippen LogP contribution in [0, 0.1) is 0 Å². The van der Waals surface area contributed by atoms with E-state index in [0.717, 1.165) is 5.69 Å². The number of halogens is 1. The lowest BCUT2D eigenvalue weighted by atomic mass is 10.3. The largest absolute Gasteiger partial charge is 0.489 e. The molecule has 3 nitrogen and oxygen atoms in total. The molecule has 2 N–H and O–H groups in total. The van der Waals surface area contributed by atoms with E-state index in [-0.39, 0.29) is 6.61 Å². The summed E-state index contributed by atoms with van der Waals surface area (Å²) in [5, 5.41) is 13.7. The van der Waals surface area contributed by atoms with Crippen molar-refractivity contribution < 1.29 is 9.84 Å². The van der Waals surface area contributed by atoms with Crippen LogP contribution in [0.2, 0.25) is 5.02 Å². The van der Waals surface area contributed by atoms with Crippen LogP contribution in [-0.2, 0) is 0 Å². The van der Waals surface area contributed by atoms with Crippen molar-refractivity contribution in [3.05, 3.63) is 53.6 Å². The normalized spacial score (nSPS) is 12.0. The van der Waals surface area contributed by atoms with Gasteiger partial charge in [0.05, 0.1) is 5.02 Å². The molecular formula is C16H18ClNO2S. The molecule has 0 radical (unpaired) electrons. The van der Waals surface area contributed by atoms with Gasteiger partial charge in [-0.3, -0.25) is 0 Å². The number of aliphatic hydroxyl groups excluding tert-OH is 1. The summed E-state index contributed by atoms with van der Waals surface area (Å²) < 4.78 is 5.51. The average Bonchev–Trinajstić information content (AvgIpc) is 2.52. The third-order valence-corrected chi connectivity index (χ3v) is 3.92. The van der Waals surface area contributed by atoms with Gasteiger partial charge in [0.2, 0.25) is 0 Å². The molecule has 1 atom stereocenters. The summed E-state index contributed by atoms with van der Waals surface area (Å²) in [6, 6.07) is 15.3. The molecule has 112 valence electrons. The Bertz CT molecular complexity index is 580. The van der Waals surface area contributed by atoms with Crippen molar-refractivity contribution in [3.63, 3.8) is 0 Å². The first-order valence-electron chi connectivity index (χ1n) is 6.62. The van der Waals surface area contributed by atoms with E-state index in [4.69, 9.17) is 16.3 Å². The predicted molar refractivity (Wildman–Crippen MR) is 89.7 cm³/mol. The highest BCUT2D eigenvalue weighted by Crippen LogP contribution is 2.23. The van der Waals surface area contributed by atoms with E-state index >= 15 is 0 Å². The molecule has 0 aromatic heterocycles. The van der Waals surface area contributed by atoms with E-state index in [2.05, 4.69) is 5.32 Å². The Kier molecular flexibility index (Phi) is 6.23. The van der Waals surface area contributed by atoms with E-state index in [1.54, 1.807) is 23.9 Å². The number of aliphatic hydroxyl groups is 1. The molecule has 2 aromatic rings. The lowest BCUT2D eigenvalue weighted by molar-refractivity contribution is 0.117. The summed E-state index contributed by atoms with van der Waals surface area (Å²) in [5.74, 6) is 0.586. The number of anilines is 1. The summed E-state index contributed by atoms with van der Waals surface area (Å²) in [5.41, 5.74) is 0.985. The Labute approximate surface area is 134 Å². The van der Waals surface area contributed by atoms with Crippen molar-refractivity contribution in [1.82, 2.24) is 0 Å². The zero-order chi connectivity index (χ0) is 15.1. The molecule has 0 aliphatic heterocycles. The van der Waals surface area contributed by atoms with E-state index in [1.807, 2.05) is 42.7 Å². The lowest BCUT2D eigenvalue weighted by Crippen LogP contribution is -2.26. The van der Waals surface area contributed by atoms with Gasteiger partial charge in [-0.15, -0.1) is 11.8 Å². The summed E-state index contributed by atoms with van der Waals surface area (Å²) in [4.78, 5) is 1.18. The van der Waals surface area contributed by atoms with Gasteiger partial charge in [0, 0.05) is 17.1 Å². The van der Waals surface area contributed by atoms with Gasteiger partial charge in [-0.05, 0) is 36.6 Å². The van der Waals surface area contributed by atoms with Crippen LogP contribution in [0.5, 0.6) is 5.75 Å². The Balaban J connectivity index is 1.79. The molecule has 5 heteroatoms. The third kappa shape index (κ3) is 5.16. The van der Waals surface area contributed by atoms with Crippen LogP contribution in [0.15, 0.2) is 53.4 Å². The Morgan fingerprint density at radius 3 is 2.81 bits per heavy atom. The number of thioether (sulfide) groups is 1. The molecular weight excluding hydrogens is 306 g/mol. The fourth-order valence-electron chi connectivity index (χ4n) is 1.78. The van der Waals surface area contributed by atoms with Gasteiger partial charge in [-0.2, -0.15) is 0 Å². The molecule has 0 saturated carbocycles. The third-order valence-electron chi connectivity index (χ3n) is 2.88. The maximum absolute atomic E-state index is 9.95. The molecule has 2 rings (SSSR count). The van der Waals surface area contributed by atoms with Gasteiger partial charge in [0.1, 0.15) is 18.5 Å². The fourth-order valence-corrected chi connectivity index (χ4v) is 2.43. The van der Waals surface area contributed by atoms with E-state index < -0.39 is 6.10 Å². The van der Waals surface area contributed by atoms with Gasteiger partial charge in [0.25, 0.3) is 0 Å². The molecule has 0 amide bonds. The summed E-state index contributed by atoms with van der Waals surface area (Å²) in [6.45, 7) is 0.612. The van der Waals surface area contributed by atoms with Crippen LogP contribution < -0.4 is 10.1 Å². The number of rotatable bonds is 7. The molecule has 1 unspecified atom stereocenters. The van der Waals surface area contributed by atoms with Crippen molar-refractivity contribution in [2.24, 2.45) is 0 Å². The molecule has 2 aromatic carbocycles. The minimum Gasteiger partial charge on any atom is -0.489 e. The second-order valence-corrected chi connectivity index (χ2v) is 5.79. The summed E-state index contributed by atoms with van der Waals surface area (Å²) in [7, 11) is 0. The highest BCUT2D eigenvalue weighted by atomic mass is 35.5. The van der Waals surface area contributed by atoms with Crippen LogP contribution in [0.25, 0.3) is 0 Å². The minimum atomic E-state index is -0.612. The first kappa shape index (κ1) is 16.0. The quantitative estimate of drug-likeness (QED) is 0.758. The van der Waals surface area contributed by atoms with E-state index in [1.165, 1.54) is 4.90 Å². The van der Waals surface area contributed by atoms with Crippen molar-refractivity contribution in [3.8, 4) is 5.75 Å². The molecule has 0 spiro atoms. The number of ether oxygens (including phenoxy) is 1. The molecule has 0 aliphatic rings. The molecule has 0 heterocycles. The van der Waals surface area contributed by atoms with Crippen molar-refractivity contribution in [2.75, 3.05) is 24.7 Å². The maximum atomic E-state index is 9.95. The van der Waals surface area contributed by atoms with Crippen LogP contribution in [0.1, 0.15) is 0 Å². The second kappa shape index (κ2) is 8.17. The van der Waals surface area contributed by atoms with Crippen molar-refractivity contribution in [1.29, 1.82) is 0 Å². The summed E-state index contributed by atoms with van der Waals surface area (Å²) >= 11 is 7.67. The minimum absolute atomic E-state index is 0.193. The number of para-hydroxylation sites is 1. The van der Waals surface area contributed by atoms with Crippen LogP contribution in [-0.4, -0.2) is 30.6 Å². The number of benzene rings is 2. The van der Waals surface area contributed by atoms with E-state index in [0.29, 0.717) is 17.3 Å². The maximum Gasteiger partial charge on any atom is 0.138 e. The van der Waals surface area contributed by atoms with Crippen LogP contribution in [0.3, 0.4) is 0 Å². The van der Waals surface area contributed by atoms with Gasteiger partial charge in [-0.1, -0.05) is 29.8 Å². The average molecular weight is 324 g/mol. The van der Waals surface area contributed by atoms with E-state index in [9.17, 15) is 5.11 Å². The zero-order valence-electron chi connectivity index (χ0n) is 11.8. The standard InChI is InChI=1S/C16H18ClNO2S/c1-21-14-6-4-5-12(9-14)18-10-13(19)11-20-16-8-3-2-7-15(16)17/h2-9,13,18-19H,10-11H2,1H3. The Morgan fingerprint density at radius 2 is 2.05 bits per heavy atom. The molecule has 21 heavy (non-hydrogen) atoms. The van der Waals surface area contributed by atoms with Gasteiger partial charge in [-0.25, -0.2) is 0 Å². The molecule has 0 saturated heterocycles. The SMILES string of the molecule is CSc1cccc(NCC(O)COc2ccccc2Cl)c1. The number of hydrogen-bond donors (Lipinski definition) is 2. The summed E-state index contributed by atoms with van der Waals surface area (Å²) in [6.07, 6.45) is 1.42. The zero-order valence-corrected chi connectivity index (χ0v) is 13.3. The molecule has 0 bridgehead atoms. The van der Waals surface area contributed by atoms with Gasteiger partial charge >= 0.3 is 0 Å². The van der Waals surface area contributed by atoms with Gasteiger partial charge < -0.3 is 15.2 Å². The first-order valence-corrected chi connectivity index (χ1v) is 8.22. The smallest absolute Gasteiger partial charge is 0.138 e.